The van der Waals surface area contributed by atoms with E-state index >= 15 is 0 Å². The molecule has 1 unspecified atom stereocenters. The molecule has 0 radical (unpaired) electrons. The summed E-state index contributed by atoms with van der Waals surface area (Å²) in [5.41, 5.74) is 0.616. The van der Waals surface area contributed by atoms with Crippen molar-refractivity contribution in [1.82, 2.24) is 0 Å². The SMILES string of the molecule is CC1(C2CCCC2)CCC=CC=CCCCCCCCC1. The van der Waals surface area contributed by atoms with Gasteiger partial charge < -0.3 is 0 Å². The van der Waals surface area contributed by atoms with Crippen molar-refractivity contribution in [3.05, 3.63) is 24.3 Å². The first-order valence-electron chi connectivity index (χ1n) is 9.63. The molecule has 0 aromatic heterocycles. The fourth-order valence-electron chi connectivity index (χ4n) is 4.42. The Morgan fingerprint density at radius 1 is 0.667 bits per heavy atom. The Kier molecular flexibility index (Phi) is 7.61. The Bertz CT molecular complexity index is 319. The summed E-state index contributed by atoms with van der Waals surface area (Å²) in [7, 11) is 0. The smallest absolute Gasteiger partial charge is 0.0295 e. The van der Waals surface area contributed by atoms with Gasteiger partial charge in [-0.25, -0.2) is 0 Å². The van der Waals surface area contributed by atoms with Crippen LogP contribution in [-0.2, 0) is 0 Å². The van der Waals surface area contributed by atoms with Crippen LogP contribution in [0.4, 0.5) is 0 Å². The van der Waals surface area contributed by atoms with Crippen LogP contribution >= 0.6 is 0 Å². The Morgan fingerprint density at radius 3 is 2.05 bits per heavy atom. The first kappa shape index (κ1) is 16.8. The quantitative estimate of drug-likeness (QED) is 0.478. The normalized spacial score (nSPS) is 30.9. The lowest BCUT2D eigenvalue weighted by molar-refractivity contribution is 0.152. The molecular formula is C21H36. The molecule has 1 atom stereocenters. The molecule has 0 amide bonds. The summed E-state index contributed by atoms with van der Waals surface area (Å²) in [5.74, 6) is 1.01. The molecule has 2 aliphatic carbocycles. The zero-order chi connectivity index (χ0) is 14.8. The van der Waals surface area contributed by atoms with Crippen molar-refractivity contribution in [3.8, 4) is 0 Å². The summed E-state index contributed by atoms with van der Waals surface area (Å²) in [4.78, 5) is 0. The van der Waals surface area contributed by atoms with E-state index < -0.39 is 0 Å². The standard InChI is InChI=1S/C21H36/c1-21(20-16-12-13-17-20)18-14-10-8-6-4-2-3-5-7-9-11-15-19-21/h4,6,8,10,20H,2-3,5,7,9,11-19H2,1H3. The van der Waals surface area contributed by atoms with Gasteiger partial charge in [-0.2, -0.15) is 0 Å². The highest BCUT2D eigenvalue weighted by Gasteiger charge is 2.34. The van der Waals surface area contributed by atoms with Gasteiger partial charge >= 0.3 is 0 Å². The molecule has 0 heteroatoms. The first-order valence-corrected chi connectivity index (χ1v) is 9.63. The van der Waals surface area contributed by atoms with Crippen LogP contribution in [0.2, 0.25) is 0 Å². The lowest BCUT2D eigenvalue weighted by Gasteiger charge is -2.36. The molecule has 0 spiro atoms. The van der Waals surface area contributed by atoms with Crippen molar-refractivity contribution in [3.63, 3.8) is 0 Å². The molecule has 0 N–H and O–H groups in total. The summed E-state index contributed by atoms with van der Waals surface area (Å²) in [6.07, 6.45) is 29.4. The second-order valence-corrected chi connectivity index (χ2v) is 7.69. The largest absolute Gasteiger partial charge is 0.0845 e. The van der Waals surface area contributed by atoms with Crippen molar-refractivity contribution < 1.29 is 0 Å². The van der Waals surface area contributed by atoms with Gasteiger partial charge in [0.2, 0.25) is 0 Å². The average Bonchev–Trinajstić information content (AvgIpc) is 3.01. The predicted molar refractivity (Wildman–Crippen MR) is 94.5 cm³/mol. The fourth-order valence-corrected chi connectivity index (χ4v) is 4.42. The molecule has 21 heavy (non-hydrogen) atoms. The van der Waals surface area contributed by atoms with Gasteiger partial charge in [-0.05, 0) is 56.3 Å². The maximum atomic E-state index is 2.60. The monoisotopic (exact) mass is 288 g/mol. The number of allylic oxidation sites excluding steroid dienone is 4. The summed E-state index contributed by atoms with van der Waals surface area (Å²) in [6, 6.07) is 0. The minimum Gasteiger partial charge on any atom is -0.0845 e. The maximum absolute atomic E-state index is 2.60. The van der Waals surface area contributed by atoms with Gasteiger partial charge in [0.1, 0.15) is 0 Å². The Hall–Kier alpha value is -0.520. The van der Waals surface area contributed by atoms with Gasteiger partial charge in [0.25, 0.3) is 0 Å². The number of hydrogen-bond acceptors (Lipinski definition) is 0. The van der Waals surface area contributed by atoms with E-state index in [0.29, 0.717) is 5.41 Å². The van der Waals surface area contributed by atoms with Crippen molar-refractivity contribution in [2.24, 2.45) is 11.3 Å². The Morgan fingerprint density at radius 2 is 1.29 bits per heavy atom. The van der Waals surface area contributed by atoms with Crippen LogP contribution in [0.25, 0.3) is 0 Å². The maximum Gasteiger partial charge on any atom is -0.0295 e. The molecule has 1 saturated carbocycles. The predicted octanol–water partition coefficient (Wildman–Crippen LogP) is 7.21. The zero-order valence-electron chi connectivity index (χ0n) is 14.3. The van der Waals surface area contributed by atoms with E-state index in [9.17, 15) is 0 Å². The minimum absolute atomic E-state index is 0.616. The second-order valence-electron chi connectivity index (χ2n) is 7.69. The third-order valence-electron chi connectivity index (χ3n) is 5.97. The van der Waals surface area contributed by atoms with Crippen LogP contribution in [0.1, 0.15) is 96.8 Å². The van der Waals surface area contributed by atoms with E-state index in [1.165, 1.54) is 89.9 Å². The van der Waals surface area contributed by atoms with Gasteiger partial charge in [0.05, 0.1) is 0 Å². The van der Waals surface area contributed by atoms with Gasteiger partial charge in [-0.1, -0.05) is 76.2 Å². The van der Waals surface area contributed by atoms with Crippen molar-refractivity contribution >= 4 is 0 Å². The highest BCUT2D eigenvalue weighted by Crippen LogP contribution is 2.46. The van der Waals surface area contributed by atoms with Crippen LogP contribution in [0.5, 0.6) is 0 Å². The summed E-state index contributed by atoms with van der Waals surface area (Å²) < 4.78 is 0. The van der Waals surface area contributed by atoms with E-state index in [0.717, 1.165) is 5.92 Å². The second kappa shape index (κ2) is 9.49. The van der Waals surface area contributed by atoms with Crippen LogP contribution in [0.3, 0.4) is 0 Å². The number of hydrogen-bond donors (Lipinski definition) is 0. The van der Waals surface area contributed by atoms with Crippen molar-refractivity contribution in [2.45, 2.75) is 96.8 Å². The lowest BCUT2D eigenvalue weighted by Crippen LogP contribution is -2.25. The molecule has 0 bridgehead atoms. The lowest BCUT2D eigenvalue weighted by atomic mass is 9.69. The molecule has 0 heterocycles. The molecule has 2 aliphatic rings. The molecule has 1 fully saturated rings. The van der Waals surface area contributed by atoms with Crippen LogP contribution in [-0.4, -0.2) is 0 Å². The van der Waals surface area contributed by atoms with E-state index in [4.69, 9.17) is 0 Å². The third-order valence-corrected chi connectivity index (χ3v) is 5.97. The molecule has 0 saturated heterocycles. The van der Waals surface area contributed by atoms with Crippen molar-refractivity contribution in [2.75, 3.05) is 0 Å². The Balaban J connectivity index is 1.91. The molecule has 0 aromatic carbocycles. The van der Waals surface area contributed by atoms with Crippen molar-refractivity contribution in [1.29, 1.82) is 0 Å². The van der Waals surface area contributed by atoms with E-state index in [1.807, 2.05) is 0 Å². The summed E-state index contributed by atoms with van der Waals surface area (Å²) in [6.45, 7) is 2.60. The third kappa shape index (κ3) is 6.01. The van der Waals surface area contributed by atoms with Gasteiger partial charge in [-0.3, -0.25) is 0 Å². The fraction of sp³-hybridized carbons (Fsp3) is 0.810. The summed E-state index contributed by atoms with van der Waals surface area (Å²) in [5, 5.41) is 0. The Labute approximate surface area is 133 Å². The minimum atomic E-state index is 0.616. The molecule has 0 aliphatic heterocycles. The van der Waals surface area contributed by atoms with Gasteiger partial charge in [-0.15, -0.1) is 0 Å². The van der Waals surface area contributed by atoms with Crippen LogP contribution in [0.15, 0.2) is 24.3 Å². The van der Waals surface area contributed by atoms with E-state index in [-0.39, 0.29) is 0 Å². The highest BCUT2D eigenvalue weighted by atomic mass is 14.4. The average molecular weight is 289 g/mol. The topological polar surface area (TPSA) is 0 Å². The number of rotatable bonds is 1. The van der Waals surface area contributed by atoms with E-state index in [1.54, 1.807) is 0 Å². The molecule has 2 rings (SSSR count). The highest BCUT2D eigenvalue weighted by molar-refractivity contribution is 5.03. The molecule has 120 valence electrons. The molecular weight excluding hydrogens is 252 g/mol. The first-order chi connectivity index (χ1) is 10.3. The zero-order valence-corrected chi connectivity index (χ0v) is 14.3. The van der Waals surface area contributed by atoms with Gasteiger partial charge in [0.15, 0.2) is 0 Å². The van der Waals surface area contributed by atoms with Crippen LogP contribution < -0.4 is 0 Å². The van der Waals surface area contributed by atoms with Gasteiger partial charge in [0, 0.05) is 0 Å². The molecule has 0 nitrogen and oxygen atoms in total. The van der Waals surface area contributed by atoms with E-state index in [2.05, 4.69) is 31.2 Å². The van der Waals surface area contributed by atoms with Crippen LogP contribution in [0, 0.1) is 11.3 Å². The molecule has 0 aromatic rings. The summed E-state index contributed by atoms with van der Waals surface area (Å²) >= 11 is 0.